The topological polar surface area (TPSA) is 125 Å². The number of anilines is 1. The maximum atomic E-state index is 12.9. The second-order valence-corrected chi connectivity index (χ2v) is 8.61. The first-order chi connectivity index (χ1) is 15.5. The Bertz CT molecular complexity index is 954. The summed E-state index contributed by atoms with van der Waals surface area (Å²) in [5.74, 6) is -1.78. The SMILES string of the molecule is O=C1CCC(N2C(=O)c3ccc(NCCCNC(=O)C4CCCCC4)cc3C2=O)C(=O)N1. The van der Waals surface area contributed by atoms with Crippen molar-refractivity contribution in [2.45, 2.75) is 57.4 Å². The molecule has 3 N–H and O–H groups in total. The van der Waals surface area contributed by atoms with Gasteiger partial charge in [-0.15, -0.1) is 0 Å². The molecule has 1 aliphatic carbocycles. The molecule has 4 rings (SSSR count). The number of piperidine rings is 1. The number of carbonyl (C=O) groups excluding carboxylic acids is 5. The number of carbonyl (C=O) groups is 5. The normalized spacial score (nSPS) is 21.4. The number of hydrogen-bond donors (Lipinski definition) is 3. The summed E-state index contributed by atoms with van der Waals surface area (Å²) >= 11 is 0. The van der Waals surface area contributed by atoms with Crippen LogP contribution in [0.4, 0.5) is 5.69 Å². The largest absolute Gasteiger partial charge is 0.385 e. The van der Waals surface area contributed by atoms with Gasteiger partial charge in [-0.25, -0.2) is 0 Å². The molecule has 32 heavy (non-hydrogen) atoms. The van der Waals surface area contributed by atoms with Gasteiger partial charge in [0, 0.05) is 31.1 Å². The number of fused-ring (bicyclic) bond motifs is 1. The van der Waals surface area contributed by atoms with Crippen molar-refractivity contribution in [3.05, 3.63) is 29.3 Å². The molecule has 1 aromatic rings. The predicted molar refractivity (Wildman–Crippen MR) is 116 cm³/mol. The molecule has 3 aliphatic rings. The van der Waals surface area contributed by atoms with Crippen molar-refractivity contribution in [2.75, 3.05) is 18.4 Å². The molecule has 1 saturated heterocycles. The number of nitrogens with one attached hydrogen (secondary N) is 3. The van der Waals surface area contributed by atoms with Gasteiger partial charge in [-0.1, -0.05) is 19.3 Å². The third-order valence-corrected chi connectivity index (χ3v) is 6.40. The Morgan fingerprint density at radius 3 is 2.47 bits per heavy atom. The number of amides is 5. The number of hydrogen-bond acceptors (Lipinski definition) is 6. The maximum Gasteiger partial charge on any atom is 0.262 e. The van der Waals surface area contributed by atoms with E-state index in [4.69, 9.17) is 0 Å². The van der Waals surface area contributed by atoms with Crippen molar-refractivity contribution in [1.29, 1.82) is 0 Å². The smallest absolute Gasteiger partial charge is 0.262 e. The highest BCUT2D eigenvalue weighted by Gasteiger charge is 2.44. The number of imide groups is 2. The van der Waals surface area contributed by atoms with Crippen LogP contribution >= 0.6 is 0 Å². The standard InChI is InChI=1S/C23H28N4O5/c28-19-10-9-18(21(30)26-19)27-22(31)16-8-7-15(13-17(16)23(27)32)24-11-4-12-25-20(29)14-5-2-1-3-6-14/h7-8,13-14,18,24H,1-6,9-12H2,(H,25,29)(H,26,28,30). The Hall–Kier alpha value is -3.23. The van der Waals surface area contributed by atoms with Crippen molar-refractivity contribution in [3.8, 4) is 0 Å². The van der Waals surface area contributed by atoms with Crippen LogP contribution in [0.2, 0.25) is 0 Å². The minimum absolute atomic E-state index is 0.0912. The third-order valence-electron chi connectivity index (χ3n) is 6.40. The van der Waals surface area contributed by atoms with Gasteiger partial charge in [-0.2, -0.15) is 0 Å². The van der Waals surface area contributed by atoms with Gasteiger partial charge in [0.05, 0.1) is 11.1 Å². The second-order valence-electron chi connectivity index (χ2n) is 8.61. The molecule has 1 saturated carbocycles. The molecule has 0 bridgehead atoms. The highest BCUT2D eigenvalue weighted by atomic mass is 16.2. The Kier molecular flexibility index (Phi) is 6.53. The summed E-state index contributed by atoms with van der Waals surface area (Å²) in [6.07, 6.45) is 6.37. The van der Waals surface area contributed by atoms with Crippen LogP contribution in [0.15, 0.2) is 18.2 Å². The molecule has 5 amide bonds. The third kappa shape index (κ3) is 4.51. The van der Waals surface area contributed by atoms with E-state index in [1.54, 1.807) is 18.2 Å². The fourth-order valence-electron chi connectivity index (χ4n) is 4.62. The first kappa shape index (κ1) is 22.0. The molecule has 1 atom stereocenters. The molecule has 2 heterocycles. The Morgan fingerprint density at radius 1 is 0.969 bits per heavy atom. The molecule has 0 aromatic heterocycles. The molecule has 170 valence electrons. The van der Waals surface area contributed by atoms with Crippen molar-refractivity contribution < 1.29 is 24.0 Å². The quantitative estimate of drug-likeness (QED) is 0.437. The molecule has 2 fully saturated rings. The van der Waals surface area contributed by atoms with E-state index in [2.05, 4.69) is 16.0 Å². The van der Waals surface area contributed by atoms with Gasteiger partial charge < -0.3 is 10.6 Å². The molecule has 0 radical (unpaired) electrons. The molecule has 0 spiro atoms. The van der Waals surface area contributed by atoms with Gasteiger partial charge >= 0.3 is 0 Å². The Morgan fingerprint density at radius 2 is 1.72 bits per heavy atom. The monoisotopic (exact) mass is 440 g/mol. The van der Waals surface area contributed by atoms with Crippen molar-refractivity contribution in [3.63, 3.8) is 0 Å². The number of rotatable bonds is 7. The zero-order valence-corrected chi connectivity index (χ0v) is 17.9. The molecule has 9 nitrogen and oxygen atoms in total. The fraction of sp³-hybridized carbons (Fsp3) is 0.522. The van der Waals surface area contributed by atoms with Crippen molar-refractivity contribution in [2.24, 2.45) is 5.92 Å². The average molecular weight is 441 g/mol. The van der Waals surface area contributed by atoms with E-state index in [0.29, 0.717) is 18.8 Å². The summed E-state index contributed by atoms with van der Waals surface area (Å²) in [4.78, 5) is 62.2. The van der Waals surface area contributed by atoms with Crippen LogP contribution in [0.1, 0.15) is 72.1 Å². The van der Waals surface area contributed by atoms with E-state index >= 15 is 0 Å². The van der Waals surface area contributed by atoms with Gasteiger partial charge in [0.15, 0.2) is 0 Å². The Balaban J connectivity index is 1.29. The molecule has 9 heteroatoms. The molecule has 1 unspecified atom stereocenters. The average Bonchev–Trinajstić information content (AvgIpc) is 3.04. The van der Waals surface area contributed by atoms with E-state index < -0.39 is 29.7 Å². The van der Waals surface area contributed by atoms with Crippen LogP contribution < -0.4 is 16.0 Å². The zero-order valence-electron chi connectivity index (χ0n) is 17.9. The highest BCUT2D eigenvalue weighted by molar-refractivity contribution is 6.23. The zero-order chi connectivity index (χ0) is 22.7. The highest BCUT2D eigenvalue weighted by Crippen LogP contribution is 2.29. The summed E-state index contributed by atoms with van der Waals surface area (Å²) < 4.78 is 0. The molecular formula is C23H28N4O5. The lowest BCUT2D eigenvalue weighted by molar-refractivity contribution is -0.136. The summed E-state index contributed by atoms with van der Waals surface area (Å²) in [5.41, 5.74) is 1.19. The lowest BCUT2D eigenvalue weighted by Gasteiger charge is -2.27. The molecule has 2 aliphatic heterocycles. The second kappa shape index (κ2) is 9.50. The van der Waals surface area contributed by atoms with E-state index in [-0.39, 0.29) is 35.8 Å². The van der Waals surface area contributed by atoms with E-state index in [1.807, 2.05) is 0 Å². The maximum absolute atomic E-state index is 12.9. The number of benzene rings is 1. The van der Waals surface area contributed by atoms with Crippen LogP contribution in [0.5, 0.6) is 0 Å². The van der Waals surface area contributed by atoms with Crippen LogP contribution in [0.3, 0.4) is 0 Å². The van der Waals surface area contributed by atoms with Crippen LogP contribution in [0, 0.1) is 5.92 Å². The summed E-state index contributed by atoms with van der Waals surface area (Å²) in [6, 6.07) is 3.94. The van der Waals surface area contributed by atoms with Crippen molar-refractivity contribution in [1.82, 2.24) is 15.5 Å². The van der Waals surface area contributed by atoms with E-state index in [9.17, 15) is 24.0 Å². The molecule has 1 aromatic carbocycles. The lowest BCUT2D eigenvalue weighted by Crippen LogP contribution is -2.54. The van der Waals surface area contributed by atoms with Gasteiger partial charge in [0.25, 0.3) is 11.8 Å². The fourth-order valence-corrected chi connectivity index (χ4v) is 4.62. The van der Waals surface area contributed by atoms with Gasteiger partial charge in [-0.3, -0.25) is 34.2 Å². The van der Waals surface area contributed by atoms with Crippen molar-refractivity contribution >= 4 is 35.2 Å². The summed E-state index contributed by atoms with van der Waals surface area (Å²) in [5, 5.41) is 8.40. The molecular weight excluding hydrogens is 412 g/mol. The van der Waals surface area contributed by atoms with Crippen LogP contribution in [0.25, 0.3) is 0 Å². The minimum Gasteiger partial charge on any atom is -0.385 e. The van der Waals surface area contributed by atoms with E-state index in [0.717, 1.165) is 37.0 Å². The Labute approximate surface area is 186 Å². The lowest BCUT2D eigenvalue weighted by atomic mass is 9.89. The van der Waals surface area contributed by atoms with Gasteiger partial charge in [0.2, 0.25) is 17.7 Å². The van der Waals surface area contributed by atoms with E-state index in [1.165, 1.54) is 6.42 Å². The first-order valence-electron chi connectivity index (χ1n) is 11.3. The summed E-state index contributed by atoms with van der Waals surface area (Å²) in [7, 11) is 0. The predicted octanol–water partition coefficient (Wildman–Crippen LogP) is 1.59. The van der Waals surface area contributed by atoms with Gasteiger partial charge in [-0.05, 0) is 43.9 Å². The first-order valence-corrected chi connectivity index (χ1v) is 11.3. The van der Waals surface area contributed by atoms with Crippen LogP contribution in [-0.4, -0.2) is 53.6 Å². The summed E-state index contributed by atoms with van der Waals surface area (Å²) in [6.45, 7) is 1.18. The minimum atomic E-state index is -0.968. The van der Waals surface area contributed by atoms with Crippen LogP contribution in [-0.2, 0) is 14.4 Å². The van der Waals surface area contributed by atoms with Gasteiger partial charge in [0.1, 0.15) is 6.04 Å². The number of nitrogens with zero attached hydrogens (tertiary/aromatic N) is 1.